The average Bonchev–Trinajstić information content (AvgIpc) is 2.76. The number of aliphatic carboxylic acids is 1. The standard InChI is InChI=1S/C10H14N4O4/c11-7-6(13-18-14-7)8(15)12-10(9(16)17)4-2-1-3-5-10/h1-5H2,(H2,11,14)(H,12,15)(H,16,17). The van der Waals surface area contributed by atoms with Gasteiger partial charge in [0.1, 0.15) is 5.54 Å². The van der Waals surface area contributed by atoms with Gasteiger partial charge in [-0.05, 0) is 23.2 Å². The molecule has 0 spiro atoms. The molecule has 0 aliphatic heterocycles. The summed E-state index contributed by atoms with van der Waals surface area (Å²) in [5.41, 5.74) is 3.98. The number of nitrogens with zero attached hydrogens (tertiary/aromatic N) is 2. The SMILES string of the molecule is Nc1nonc1C(=O)NC1(C(=O)O)CCCCC1. The Morgan fingerprint density at radius 2 is 1.94 bits per heavy atom. The number of carboxylic acids is 1. The van der Waals surface area contributed by atoms with Crippen molar-refractivity contribution < 1.29 is 19.3 Å². The summed E-state index contributed by atoms with van der Waals surface area (Å²) >= 11 is 0. The molecule has 1 fully saturated rings. The van der Waals surface area contributed by atoms with E-state index < -0.39 is 17.4 Å². The number of hydrogen-bond donors (Lipinski definition) is 3. The molecule has 2 rings (SSSR count). The highest BCUT2D eigenvalue weighted by molar-refractivity contribution is 5.99. The van der Waals surface area contributed by atoms with Gasteiger partial charge < -0.3 is 16.2 Å². The fourth-order valence-electron chi connectivity index (χ4n) is 2.18. The minimum Gasteiger partial charge on any atom is -0.480 e. The molecule has 0 aromatic carbocycles. The van der Waals surface area contributed by atoms with Crippen LogP contribution in [0.15, 0.2) is 4.63 Å². The fourth-order valence-corrected chi connectivity index (χ4v) is 2.18. The number of carbonyl (C=O) groups is 2. The maximum atomic E-state index is 11.9. The monoisotopic (exact) mass is 254 g/mol. The first-order valence-electron chi connectivity index (χ1n) is 5.69. The van der Waals surface area contributed by atoms with Crippen molar-refractivity contribution in [2.24, 2.45) is 0 Å². The smallest absolute Gasteiger partial charge is 0.329 e. The average molecular weight is 254 g/mol. The number of rotatable bonds is 3. The van der Waals surface area contributed by atoms with Gasteiger partial charge in [0.25, 0.3) is 5.91 Å². The van der Waals surface area contributed by atoms with E-state index in [4.69, 9.17) is 5.73 Å². The minimum atomic E-state index is -1.24. The van der Waals surface area contributed by atoms with Crippen molar-refractivity contribution in [3.05, 3.63) is 5.69 Å². The van der Waals surface area contributed by atoms with Crippen molar-refractivity contribution in [3.8, 4) is 0 Å². The van der Waals surface area contributed by atoms with Crippen molar-refractivity contribution in [2.45, 2.75) is 37.6 Å². The first kappa shape index (κ1) is 12.3. The van der Waals surface area contributed by atoms with E-state index in [2.05, 4.69) is 20.3 Å². The molecule has 8 heteroatoms. The molecule has 0 radical (unpaired) electrons. The number of carboxylic acid groups (broad SMARTS) is 1. The van der Waals surface area contributed by atoms with Gasteiger partial charge in [-0.1, -0.05) is 19.3 Å². The number of nitrogen functional groups attached to an aromatic ring is 1. The van der Waals surface area contributed by atoms with E-state index in [-0.39, 0.29) is 11.5 Å². The second-order valence-corrected chi connectivity index (χ2v) is 4.40. The van der Waals surface area contributed by atoms with Gasteiger partial charge >= 0.3 is 5.97 Å². The number of carbonyl (C=O) groups excluding carboxylic acids is 1. The van der Waals surface area contributed by atoms with Crippen molar-refractivity contribution in [3.63, 3.8) is 0 Å². The number of anilines is 1. The van der Waals surface area contributed by atoms with Crippen LogP contribution in [0.4, 0.5) is 5.82 Å². The molecule has 1 aliphatic carbocycles. The van der Waals surface area contributed by atoms with Crippen molar-refractivity contribution >= 4 is 17.7 Å². The van der Waals surface area contributed by atoms with Gasteiger partial charge in [0.05, 0.1) is 0 Å². The van der Waals surface area contributed by atoms with E-state index in [0.717, 1.165) is 19.3 Å². The van der Waals surface area contributed by atoms with Gasteiger partial charge in [-0.3, -0.25) is 4.79 Å². The first-order chi connectivity index (χ1) is 8.55. The summed E-state index contributed by atoms with van der Waals surface area (Å²) in [4.78, 5) is 23.2. The van der Waals surface area contributed by atoms with Crippen molar-refractivity contribution in [1.29, 1.82) is 0 Å². The van der Waals surface area contributed by atoms with Crippen molar-refractivity contribution in [2.75, 3.05) is 5.73 Å². The Kier molecular flexibility index (Phi) is 3.17. The Labute approximate surface area is 102 Å². The molecule has 1 amide bonds. The highest BCUT2D eigenvalue weighted by Crippen LogP contribution is 2.29. The predicted molar refractivity (Wildman–Crippen MR) is 59.6 cm³/mol. The van der Waals surface area contributed by atoms with Crippen LogP contribution in [0.2, 0.25) is 0 Å². The van der Waals surface area contributed by atoms with E-state index in [0.29, 0.717) is 12.8 Å². The summed E-state index contributed by atoms with van der Waals surface area (Å²) in [6.07, 6.45) is 3.30. The summed E-state index contributed by atoms with van der Waals surface area (Å²) in [7, 11) is 0. The first-order valence-corrected chi connectivity index (χ1v) is 5.69. The summed E-state index contributed by atoms with van der Waals surface area (Å²) in [5, 5.41) is 18.4. The molecular weight excluding hydrogens is 240 g/mol. The van der Waals surface area contributed by atoms with Gasteiger partial charge in [0.15, 0.2) is 0 Å². The fraction of sp³-hybridized carbons (Fsp3) is 0.600. The van der Waals surface area contributed by atoms with Crippen LogP contribution in [0, 0.1) is 0 Å². The van der Waals surface area contributed by atoms with E-state index in [1.54, 1.807) is 0 Å². The molecule has 1 aromatic rings. The molecule has 1 aliphatic rings. The maximum absolute atomic E-state index is 11.9. The van der Waals surface area contributed by atoms with Crippen LogP contribution in [0.5, 0.6) is 0 Å². The van der Waals surface area contributed by atoms with E-state index >= 15 is 0 Å². The predicted octanol–water partition coefficient (Wildman–Crippen LogP) is 0.169. The quantitative estimate of drug-likeness (QED) is 0.700. The van der Waals surface area contributed by atoms with Gasteiger partial charge in [0.2, 0.25) is 11.5 Å². The second-order valence-electron chi connectivity index (χ2n) is 4.40. The summed E-state index contributed by atoms with van der Waals surface area (Å²) in [6, 6.07) is 0. The Balaban J connectivity index is 2.17. The summed E-state index contributed by atoms with van der Waals surface area (Å²) in [6.45, 7) is 0. The third-order valence-electron chi connectivity index (χ3n) is 3.20. The van der Waals surface area contributed by atoms with E-state index in [1.165, 1.54) is 0 Å². The van der Waals surface area contributed by atoms with Crippen molar-refractivity contribution in [1.82, 2.24) is 15.6 Å². The van der Waals surface area contributed by atoms with Crippen LogP contribution in [0.3, 0.4) is 0 Å². The topological polar surface area (TPSA) is 131 Å². The molecule has 1 saturated carbocycles. The molecule has 8 nitrogen and oxygen atoms in total. The Morgan fingerprint density at radius 3 is 2.44 bits per heavy atom. The number of aromatic nitrogens is 2. The third kappa shape index (κ3) is 2.13. The van der Waals surface area contributed by atoms with Crippen LogP contribution >= 0.6 is 0 Å². The zero-order valence-corrected chi connectivity index (χ0v) is 9.68. The summed E-state index contributed by atoms with van der Waals surface area (Å²) in [5.74, 6) is -1.85. The normalized spacial score (nSPS) is 18.2. The molecule has 4 N–H and O–H groups in total. The molecule has 1 aromatic heterocycles. The number of amides is 1. The molecule has 0 unspecified atom stereocenters. The van der Waals surface area contributed by atoms with Gasteiger partial charge in [-0.15, -0.1) is 0 Å². The number of hydrogen-bond acceptors (Lipinski definition) is 6. The van der Waals surface area contributed by atoms with E-state index in [9.17, 15) is 14.7 Å². The lowest BCUT2D eigenvalue weighted by molar-refractivity contribution is -0.145. The van der Waals surface area contributed by atoms with Crippen LogP contribution in [-0.2, 0) is 4.79 Å². The second kappa shape index (κ2) is 4.63. The molecule has 0 bridgehead atoms. The molecule has 18 heavy (non-hydrogen) atoms. The molecule has 98 valence electrons. The molecule has 1 heterocycles. The Morgan fingerprint density at radius 1 is 1.28 bits per heavy atom. The number of nitrogens with one attached hydrogen (secondary N) is 1. The highest BCUT2D eigenvalue weighted by atomic mass is 16.6. The van der Waals surface area contributed by atoms with Crippen LogP contribution in [-0.4, -0.2) is 32.8 Å². The van der Waals surface area contributed by atoms with Crippen LogP contribution in [0.1, 0.15) is 42.6 Å². The lowest BCUT2D eigenvalue weighted by atomic mass is 9.81. The lowest BCUT2D eigenvalue weighted by Crippen LogP contribution is -2.55. The third-order valence-corrected chi connectivity index (χ3v) is 3.20. The van der Waals surface area contributed by atoms with E-state index in [1.807, 2.05) is 0 Å². The minimum absolute atomic E-state index is 0.149. The van der Waals surface area contributed by atoms with Gasteiger partial charge in [0, 0.05) is 0 Å². The number of nitrogens with two attached hydrogens (primary N) is 1. The molecule has 0 atom stereocenters. The maximum Gasteiger partial charge on any atom is 0.329 e. The van der Waals surface area contributed by atoms with Crippen LogP contribution in [0.25, 0.3) is 0 Å². The lowest BCUT2D eigenvalue weighted by Gasteiger charge is -2.33. The Bertz CT molecular complexity index is 464. The molecular formula is C10H14N4O4. The molecule has 0 saturated heterocycles. The zero-order chi connectivity index (χ0) is 13.2. The largest absolute Gasteiger partial charge is 0.480 e. The van der Waals surface area contributed by atoms with Crippen LogP contribution < -0.4 is 11.1 Å². The Hall–Kier alpha value is -2.12. The highest BCUT2D eigenvalue weighted by Gasteiger charge is 2.41. The summed E-state index contributed by atoms with van der Waals surface area (Å²) < 4.78 is 4.32. The zero-order valence-electron chi connectivity index (χ0n) is 9.68. The van der Waals surface area contributed by atoms with Gasteiger partial charge in [-0.25, -0.2) is 9.42 Å². The van der Waals surface area contributed by atoms with Gasteiger partial charge in [-0.2, -0.15) is 0 Å².